The van der Waals surface area contributed by atoms with Crippen LogP contribution >= 0.6 is 0 Å². The Morgan fingerprint density at radius 2 is 1.08 bits per heavy atom. The van der Waals surface area contributed by atoms with Gasteiger partial charge in [-0.1, -0.05) is 27.7 Å². The normalized spacial score (nSPS) is 10.6. The smallest absolute Gasteiger partial charge is 0.0489 e. The molecule has 82 valence electrons. The minimum atomic E-state index is -0.167. The van der Waals surface area contributed by atoms with Gasteiger partial charge < -0.3 is 9.84 Å². The van der Waals surface area contributed by atoms with Gasteiger partial charge >= 0.3 is 0 Å². The van der Waals surface area contributed by atoms with E-state index in [0.29, 0.717) is 11.8 Å². The molecule has 0 rings (SSSR count). The second-order valence-electron chi connectivity index (χ2n) is 4.42. The zero-order chi connectivity index (χ0) is 10.9. The highest BCUT2D eigenvalue weighted by Crippen LogP contribution is 1.96. The van der Waals surface area contributed by atoms with Crippen LogP contribution in [0.3, 0.4) is 0 Å². The molecule has 0 aromatic carbocycles. The summed E-state index contributed by atoms with van der Waals surface area (Å²) in [7, 11) is 0. The molecule has 1 N–H and O–H groups in total. The van der Waals surface area contributed by atoms with Gasteiger partial charge in [0.1, 0.15) is 0 Å². The Morgan fingerprint density at radius 3 is 1.23 bits per heavy atom. The topological polar surface area (TPSA) is 29.5 Å². The van der Waals surface area contributed by atoms with Gasteiger partial charge in [-0.25, -0.2) is 0 Å². The highest BCUT2D eigenvalue weighted by molar-refractivity contribution is 4.42. The van der Waals surface area contributed by atoms with Crippen LogP contribution in [0.15, 0.2) is 0 Å². The molecule has 2 nitrogen and oxygen atoms in total. The van der Waals surface area contributed by atoms with Crippen molar-refractivity contribution in [2.75, 3.05) is 13.2 Å². The van der Waals surface area contributed by atoms with Crippen LogP contribution in [0.5, 0.6) is 0 Å². The lowest BCUT2D eigenvalue weighted by Crippen LogP contribution is -2.06. The molecule has 13 heavy (non-hydrogen) atoms. The standard InChI is InChI=1S/C8H18O.C3H8O/c1-7(2)5-9-6-8(3)4;1-3(2)4/h7-8H,5-6H2,1-4H3;3-4H,1-2H3. The van der Waals surface area contributed by atoms with Crippen molar-refractivity contribution in [3.8, 4) is 0 Å². The Morgan fingerprint density at radius 1 is 0.846 bits per heavy atom. The van der Waals surface area contributed by atoms with E-state index in [2.05, 4.69) is 27.7 Å². The number of hydrogen-bond acceptors (Lipinski definition) is 2. The third-order valence-electron chi connectivity index (χ3n) is 0.902. The summed E-state index contributed by atoms with van der Waals surface area (Å²) in [6, 6.07) is 0. The SMILES string of the molecule is CC(C)COCC(C)C.CC(C)O. The van der Waals surface area contributed by atoms with E-state index in [4.69, 9.17) is 9.84 Å². The summed E-state index contributed by atoms with van der Waals surface area (Å²) in [5.41, 5.74) is 0. The van der Waals surface area contributed by atoms with E-state index >= 15 is 0 Å². The Hall–Kier alpha value is -0.0800. The molecule has 0 radical (unpaired) electrons. The minimum absolute atomic E-state index is 0.167. The second kappa shape index (κ2) is 10.0. The zero-order valence-corrected chi connectivity index (χ0v) is 10.0. The van der Waals surface area contributed by atoms with Crippen molar-refractivity contribution in [3.63, 3.8) is 0 Å². The molecule has 0 fully saturated rings. The summed E-state index contributed by atoms with van der Waals surface area (Å²) in [6.07, 6.45) is -0.167. The molecule has 0 aliphatic carbocycles. The number of aliphatic hydroxyl groups is 1. The second-order valence-corrected chi connectivity index (χ2v) is 4.42. The molecule has 0 aliphatic rings. The molecule has 0 unspecified atom stereocenters. The van der Waals surface area contributed by atoms with Gasteiger partial charge in [0.25, 0.3) is 0 Å². The van der Waals surface area contributed by atoms with Crippen LogP contribution in [0.4, 0.5) is 0 Å². The van der Waals surface area contributed by atoms with Crippen molar-refractivity contribution < 1.29 is 9.84 Å². The van der Waals surface area contributed by atoms with Gasteiger partial charge in [-0.2, -0.15) is 0 Å². The molecule has 0 heterocycles. The van der Waals surface area contributed by atoms with Gasteiger partial charge in [0.2, 0.25) is 0 Å². The van der Waals surface area contributed by atoms with Crippen LogP contribution < -0.4 is 0 Å². The lowest BCUT2D eigenvalue weighted by atomic mass is 10.2. The largest absolute Gasteiger partial charge is 0.394 e. The van der Waals surface area contributed by atoms with Gasteiger partial charge in [-0.3, -0.25) is 0 Å². The third-order valence-corrected chi connectivity index (χ3v) is 0.902. The molecule has 0 saturated carbocycles. The fourth-order valence-corrected chi connectivity index (χ4v) is 0.539. The van der Waals surface area contributed by atoms with Gasteiger partial charge in [0.15, 0.2) is 0 Å². The molecule has 2 heteroatoms. The maximum Gasteiger partial charge on any atom is 0.0489 e. The van der Waals surface area contributed by atoms with E-state index in [0.717, 1.165) is 13.2 Å². The number of hydrogen-bond donors (Lipinski definition) is 1. The number of ether oxygens (including phenoxy) is 1. The maximum atomic E-state index is 8.06. The average Bonchev–Trinajstić information content (AvgIpc) is 1.83. The van der Waals surface area contributed by atoms with Crippen molar-refractivity contribution in [3.05, 3.63) is 0 Å². The first-order chi connectivity index (χ1) is 5.86. The summed E-state index contributed by atoms with van der Waals surface area (Å²) in [6.45, 7) is 13.9. The predicted molar refractivity (Wildman–Crippen MR) is 57.8 cm³/mol. The van der Waals surface area contributed by atoms with Crippen molar-refractivity contribution in [2.24, 2.45) is 11.8 Å². The lowest BCUT2D eigenvalue weighted by Gasteiger charge is -2.07. The van der Waals surface area contributed by atoms with Crippen molar-refractivity contribution in [2.45, 2.75) is 47.6 Å². The summed E-state index contributed by atoms with van der Waals surface area (Å²) in [5, 5.41) is 8.06. The number of aliphatic hydroxyl groups excluding tert-OH is 1. The third kappa shape index (κ3) is 33.5. The summed E-state index contributed by atoms with van der Waals surface area (Å²) < 4.78 is 5.36. The Balaban J connectivity index is 0. The highest BCUT2D eigenvalue weighted by atomic mass is 16.5. The van der Waals surface area contributed by atoms with E-state index in [1.54, 1.807) is 13.8 Å². The van der Waals surface area contributed by atoms with E-state index < -0.39 is 0 Å². The lowest BCUT2D eigenvalue weighted by molar-refractivity contribution is 0.0886. The van der Waals surface area contributed by atoms with Gasteiger partial charge in [-0.15, -0.1) is 0 Å². The summed E-state index contributed by atoms with van der Waals surface area (Å²) >= 11 is 0. The van der Waals surface area contributed by atoms with E-state index in [9.17, 15) is 0 Å². The molecule has 0 spiro atoms. The van der Waals surface area contributed by atoms with Crippen molar-refractivity contribution in [1.29, 1.82) is 0 Å². The fraction of sp³-hybridized carbons (Fsp3) is 1.00. The first-order valence-electron chi connectivity index (χ1n) is 5.12. The quantitative estimate of drug-likeness (QED) is 0.738. The van der Waals surface area contributed by atoms with Crippen molar-refractivity contribution >= 4 is 0 Å². The Labute approximate surface area is 83.3 Å². The highest BCUT2D eigenvalue weighted by Gasteiger charge is 1.95. The monoisotopic (exact) mass is 190 g/mol. The van der Waals surface area contributed by atoms with E-state index in [1.807, 2.05) is 0 Å². The minimum Gasteiger partial charge on any atom is -0.394 e. The Bertz CT molecular complexity index is 77.3. The van der Waals surface area contributed by atoms with E-state index in [1.165, 1.54) is 0 Å². The molecule has 0 aromatic heterocycles. The van der Waals surface area contributed by atoms with Crippen LogP contribution in [0.1, 0.15) is 41.5 Å². The first-order valence-corrected chi connectivity index (χ1v) is 5.12. The van der Waals surface area contributed by atoms with E-state index in [-0.39, 0.29) is 6.10 Å². The Kier molecular flexibility index (Phi) is 11.8. The molecule has 0 atom stereocenters. The molecule has 0 saturated heterocycles. The van der Waals surface area contributed by atoms with Gasteiger partial charge in [-0.05, 0) is 25.7 Å². The first kappa shape index (κ1) is 15.4. The van der Waals surface area contributed by atoms with Crippen LogP contribution in [-0.2, 0) is 4.74 Å². The molecular weight excluding hydrogens is 164 g/mol. The van der Waals surface area contributed by atoms with Gasteiger partial charge in [0.05, 0.1) is 0 Å². The van der Waals surface area contributed by atoms with Gasteiger partial charge in [0, 0.05) is 19.3 Å². The molecular formula is C11H26O2. The summed E-state index contributed by atoms with van der Waals surface area (Å²) in [4.78, 5) is 0. The molecule has 0 aliphatic heterocycles. The summed E-state index contributed by atoms with van der Waals surface area (Å²) in [5.74, 6) is 1.34. The maximum absolute atomic E-state index is 8.06. The average molecular weight is 190 g/mol. The van der Waals surface area contributed by atoms with Crippen LogP contribution in [0.2, 0.25) is 0 Å². The predicted octanol–water partition coefficient (Wildman–Crippen LogP) is 2.70. The fourth-order valence-electron chi connectivity index (χ4n) is 0.539. The molecule has 0 amide bonds. The van der Waals surface area contributed by atoms with Crippen LogP contribution in [0, 0.1) is 11.8 Å². The van der Waals surface area contributed by atoms with Crippen LogP contribution in [0.25, 0.3) is 0 Å². The van der Waals surface area contributed by atoms with Crippen molar-refractivity contribution in [1.82, 2.24) is 0 Å². The zero-order valence-electron chi connectivity index (χ0n) is 10.0. The van der Waals surface area contributed by atoms with Crippen LogP contribution in [-0.4, -0.2) is 24.4 Å². The number of rotatable bonds is 4. The molecule has 0 bridgehead atoms. The molecule has 0 aromatic rings.